The van der Waals surface area contributed by atoms with E-state index in [0.717, 1.165) is 19.4 Å². The van der Waals surface area contributed by atoms with Gasteiger partial charge >= 0.3 is 6.09 Å². The van der Waals surface area contributed by atoms with E-state index < -0.39 is 5.60 Å². The smallest absolute Gasteiger partial charge is 0.410 e. The average Bonchev–Trinajstić information content (AvgIpc) is 2.93. The van der Waals surface area contributed by atoms with E-state index >= 15 is 0 Å². The van der Waals surface area contributed by atoms with Gasteiger partial charge in [-0.2, -0.15) is 0 Å². The van der Waals surface area contributed by atoms with Gasteiger partial charge in [-0.05, 0) is 40.5 Å². The molecule has 7 heteroatoms. The van der Waals surface area contributed by atoms with E-state index in [1.54, 1.807) is 11.0 Å². The Kier molecular flexibility index (Phi) is 5.63. The maximum absolute atomic E-state index is 12.3. The van der Waals surface area contributed by atoms with Crippen molar-refractivity contribution in [2.45, 2.75) is 52.2 Å². The molecule has 0 aliphatic carbocycles. The summed E-state index contributed by atoms with van der Waals surface area (Å²) in [5.74, 6) is 1.24. The Bertz CT molecular complexity index is 530. The molecule has 1 N–H and O–H groups in total. The summed E-state index contributed by atoms with van der Waals surface area (Å²) in [4.78, 5) is 22.3. The normalized spacial score (nSPS) is 17.9. The summed E-state index contributed by atoms with van der Waals surface area (Å²) < 4.78 is 10.8. The first-order chi connectivity index (χ1) is 10.9. The lowest BCUT2D eigenvalue weighted by Gasteiger charge is -2.28. The Balaban J connectivity index is 1.91. The molecule has 1 aliphatic rings. The summed E-state index contributed by atoms with van der Waals surface area (Å²) >= 11 is 0. The van der Waals surface area contributed by atoms with Crippen molar-refractivity contribution >= 4 is 11.9 Å². The lowest BCUT2D eigenvalue weighted by atomic mass is 10.2. The number of amides is 1. The highest BCUT2D eigenvalue weighted by atomic mass is 16.6. The van der Waals surface area contributed by atoms with Crippen LogP contribution >= 0.6 is 0 Å². The zero-order chi connectivity index (χ0) is 16.9. The van der Waals surface area contributed by atoms with Crippen LogP contribution in [0.2, 0.25) is 0 Å². The van der Waals surface area contributed by atoms with E-state index in [9.17, 15) is 4.79 Å². The van der Waals surface area contributed by atoms with Crippen molar-refractivity contribution in [3.05, 3.63) is 12.4 Å². The number of carbonyl (C=O) groups is 1. The van der Waals surface area contributed by atoms with E-state index in [1.165, 1.54) is 6.33 Å². The third kappa shape index (κ3) is 5.26. The van der Waals surface area contributed by atoms with Crippen LogP contribution < -0.4 is 10.1 Å². The molecule has 128 valence electrons. The Morgan fingerprint density at radius 2 is 2.22 bits per heavy atom. The maximum Gasteiger partial charge on any atom is 0.410 e. The molecule has 0 aromatic carbocycles. The molecule has 23 heavy (non-hydrogen) atoms. The molecule has 0 radical (unpaired) electrons. The fourth-order valence-corrected chi connectivity index (χ4v) is 2.49. The molecular weight excluding hydrogens is 296 g/mol. The molecule has 1 atom stereocenters. The van der Waals surface area contributed by atoms with Gasteiger partial charge in [0.05, 0.1) is 12.6 Å². The predicted molar refractivity (Wildman–Crippen MR) is 87.7 cm³/mol. The highest BCUT2D eigenvalue weighted by Crippen LogP contribution is 2.21. The summed E-state index contributed by atoms with van der Waals surface area (Å²) in [5.41, 5.74) is -0.475. The summed E-state index contributed by atoms with van der Waals surface area (Å²) in [6.07, 6.45) is 3.16. The minimum absolute atomic E-state index is 0.107. The maximum atomic E-state index is 12.3. The first kappa shape index (κ1) is 17.3. The second-order valence-electron chi connectivity index (χ2n) is 6.53. The molecule has 1 saturated heterocycles. The number of nitrogens with one attached hydrogen (secondary N) is 1. The number of carbonyl (C=O) groups excluding carboxylic acids is 1. The quantitative estimate of drug-likeness (QED) is 0.898. The molecule has 2 rings (SSSR count). The zero-order valence-electron chi connectivity index (χ0n) is 14.3. The minimum Gasteiger partial charge on any atom is -0.478 e. The monoisotopic (exact) mass is 322 g/mol. The Morgan fingerprint density at radius 3 is 2.91 bits per heavy atom. The van der Waals surface area contributed by atoms with Crippen molar-refractivity contribution in [2.75, 3.05) is 25.0 Å². The molecule has 0 unspecified atom stereocenters. The number of hydrogen-bond acceptors (Lipinski definition) is 6. The molecule has 1 aromatic rings. The molecule has 1 fully saturated rings. The van der Waals surface area contributed by atoms with Crippen LogP contribution in [0.25, 0.3) is 0 Å². The summed E-state index contributed by atoms with van der Waals surface area (Å²) in [6.45, 7) is 9.47. The van der Waals surface area contributed by atoms with Gasteiger partial charge < -0.3 is 19.7 Å². The van der Waals surface area contributed by atoms with Gasteiger partial charge in [-0.25, -0.2) is 14.8 Å². The van der Waals surface area contributed by atoms with E-state index in [2.05, 4.69) is 15.3 Å². The minimum atomic E-state index is -0.475. The van der Waals surface area contributed by atoms with Gasteiger partial charge in [-0.3, -0.25) is 0 Å². The van der Waals surface area contributed by atoms with Crippen LogP contribution in [0.15, 0.2) is 12.4 Å². The molecular formula is C16H26N4O3. The second-order valence-corrected chi connectivity index (χ2v) is 6.53. The van der Waals surface area contributed by atoms with Crippen LogP contribution in [-0.4, -0.2) is 52.3 Å². The summed E-state index contributed by atoms with van der Waals surface area (Å²) in [7, 11) is 0. The van der Waals surface area contributed by atoms with Crippen LogP contribution in [-0.2, 0) is 4.74 Å². The van der Waals surface area contributed by atoms with Crippen molar-refractivity contribution in [1.29, 1.82) is 0 Å². The Hall–Kier alpha value is -2.05. The standard InChI is InChI=1S/C16H26N4O3/c1-5-22-14-9-13(18-11-19-14)17-10-12-7-6-8-20(12)15(21)23-16(2,3)4/h9,11-12H,5-8,10H2,1-4H3,(H,17,18,19)/t12-/m1/s1. The molecule has 0 saturated carbocycles. The summed E-state index contributed by atoms with van der Waals surface area (Å²) in [5, 5.41) is 3.25. The van der Waals surface area contributed by atoms with Crippen molar-refractivity contribution in [1.82, 2.24) is 14.9 Å². The van der Waals surface area contributed by atoms with Gasteiger partial charge in [0.1, 0.15) is 17.7 Å². The van der Waals surface area contributed by atoms with Crippen LogP contribution in [0, 0.1) is 0 Å². The van der Waals surface area contributed by atoms with E-state index in [4.69, 9.17) is 9.47 Å². The number of nitrogens with zero attached hydrogens (tertiary/aromatic N) is 3. The number of rotatable bonds is 5. The Morgan fingerprint density at radius 1 is 1.43 bits per heavy atom. The number of likely N-dealkylation sites (tertiary alicyclic amines) is 1. The van der Waals surface area contributed by atoms with Crippen LogP contribution in [0.4, 0.5) is 10.6 Å². The molecule has 7 nitrogen and oxygen atoms in total. The molecule has 1 aromatic heterocycles. The van der Waals surface area contributed by atoms with Gasteiger partial charge in [0.25, 0.3) is 0 Å². The van der Waals surface area contributed by atoms with Crippen LogP contribution in [0.5, 0.6) is 5.88 Å². The number of anilines is 1. The van der Waals surface area contributed by atoms with Gasteiger partial charge in [-0.15, -0.1) is 0 Å². The molecule has 0 spiro atoms. The van der Waals surface area contributed by atoms with Gasteiger partial charge in [-0.1, -0.05) is 0 Å². The van der Waals surface area contributed by atoms with Gasteiger partial charge in [0, 0.05) is 19.2 Å². The van der Waals surface area contributed by atoms with Gasteiger partial charge in [0.2, 0.25) is 5.88 Å². The first-order valence-corrected chi connectivity index (χ1v) is 8.07. The van der Waals surface area contributed by atoms with E-state index in [0.29, 0.717) is 24.8 Å². The van der Waals surface area contributed by atoms with Crippen molar-refractivity contribution in [2.24, 2.45) is 0 Å². The highest BCUT2D eigenvalue weighted by Gasteiger charge is 2.31. The average molecular weight is 322 g/mol. The number of aromatic nitrogens is 2. The highest BCUT2D eigenvalue weighted by molar-refractivity contribution is 5.69. The lowest BCUT2D eigenvalue weighted by molar-refractivity contribution is 0.0235. The van der Waals surface area contributed by atoms with Crippen molar-refractivity contribution < 1.29 is 14.3 Å². The second kappa shape index (κ2) is 7.48. The molecule has 1 amide bonds. The topological polar surface area (TPSA) is 76.6 Å². The molecule has 0 bridgehead atoms. The van der Waals surface area contributed by atoms with E-state index in [-0.39, 0.29) is 12.1 Å². The Labute approximate surface area is 137 Å². The van der Waals surface area contributed by atoms with Crippen molar-refractivity contribution in [3.63, 3.8) is 0 Å². The fourth-order valence-electron chi connectivity index (χ4n) is 2.49. The fraction of sp³-hybridized carbons (Fsp3) is 0.688. The molecule has 2 heterocycles. The van der Waals surface area contributed by atoms with Crippen LogP contribution in [0.3, 0.4) is 0 Å². The first-order valence-electron chi connectivity index (χ1n) is 8.07. The van der Waals surface area contributed by atoms with Crippen LogP contribution in [0.1, 0.15) is 40.5 Å². The van der Waals surface area contributed by atoms with Gasteiger partial charge in [0.15, 0.2) is 0 Å². The largest absolute Gasteiger partial charge is 0.478 e. The SMILES string of the molecule is CCOc1cc(NC[C@H]2CCCN2C(=O)OC(C)(C)C)ncn1. The van der Waals surface area contributed by atoms with Crippen molar-refractivity contribution in [3.8, 4) is 5.88 Å². The van der Waals surface area contributed by atoms with E-state index in [1.807, 2.05) is 27.7 Å². The zero-order valence-corrected chi connectivity index (χ0v) is 14.3. The number of ether oxygens (including phenoxy) is 2. The number of hydrogen-bond donors (Lipinski definition) is 1. The lowest BCUT2D eigenvalue weighted by Crippen LogP contribution is -2.42. The third-order valence-electron chi connectivity index (χ3n) is 3.46. The molecule has 1 aliphatic heterocycles. The third-order valence-corrected chi connectivity index (χ3v) is 3.46. The summed E-state index contributed by atoms with van der Waals surface area (Å²) in [6, 6.07) is 1.87. The predicted octanol–water partition coefficient (Wildman–Crippen LogP) is 2.69.